The first-order chi connectivity index (χ1) is 11.3. The highest BCUT2D eigenvalue weighted by atomic mass is 32.2. The van der Waals surface area contributed by atoms with Gasteiger partial charge in [0.2, 0.25) is 11.9 Å². The third-order valence-electron chi connectivity index (χ3n) is 4.47. The Morgan fingerprint density at radius 1 is 1.12 bits per heavy atom. The van der Waals surface area contributed by atoms with E-state index in [0.29, 0.717) is 5.96 Å². The molecule has 7 nitrogen and oxygen atoms in total. The monoisotopic (exact) mass is 349 g/mol. The second-order valence-corrected chi connectivity index (χ2v) is 8.70. The number of sulfone groups is 1. The first-order valence-corrected chi connectivity index (χ1v) is 10.1. The number of guanidine groups is 2. The molecule has 1 saturated carbocycles. The first kappa shape index (κ1) is 16.8. The van der Waals surface area contributed by atoms with Gasteiger partial charge in [0.05, 0.1) is 5.75 Å². The number of hydrogen-bond acceptors (Lipinski definition) is 7. The highest BCUT2D eigenvalue weighted by Gasteiger charge is 2.42. The Hall–Kier alpha value is -2.09. The Morgan fingerprint density at radius 2 is 1.75 bits per heavy atom. The Kier molecular flexibility index (Phi) is 4.25. The SMILES string of the molecule is CS(=O)(=O)Cc1ccc(N2C(N)=NC(N)=NC23CCCCC3)cc1. The molecule has 8 heteroatoms. The van der Waals surface area contributed by atoms with Crippen molar-refractivity contribution in [1.82, 2.24) is 0 Å². The molecular formula is C16H23N5O2S. The summed E-state index contributed by atoms with van der Waals surface area (Å²) in [4.78, 5) is 10.7. The number of nitrogens with zero attached hydrogens (tertiary/aromatic N) is 3. The van der Waals surface area contributed by atoms with E-state index >= 15 is 0 Å². The molecule has 1 fully saturated rings. The number of aliphatic imine (C=N–C) groups is 2. The molecule has 0 bridgehead atoms. The zero-order chi connectivity index (χ0) is 17.4. The molecule has 4 N–H and O–H groups in total. The van der Waals surface area contributed by atoms with Crippen LogP contribution in [0.1, 0.15) is 37.7 Å². The molecule has 24 heavy (non-hydrogen) atoms. The van der Waals surface area contributed by atoms with Gasteiger partial charge in [0.15, 0.2) is 9.84 Å². The van der Waals surface area contributed by atoms with Crippen molar-refractivity contribution < 1.29 is 8.42 Å². The molecule has 0 atom stereocenters. The average molecular weight is 349 g/mol. The molecule has 1 aromatic rings. The first-order valence-electron chi connectivity index (χ1n) is 8.05. The molecule has 0 unspecified atom stereocenters. The van der Waals surface area contributed by atoms with Gasteiger partial charge in [0, 0.05) is 11.9 Å². The Morgan fingerprint density at radius 3 is 2.33 bits per heavy atom. The number of hydrogen-bond donors (Lipinski definition) is 2. The third-order valence-corrected chi connectivity index (χ3v) is 5.33. The predicted molar refractivity (Wildman–Crippen MR) is 96.5 cm³/mol. The summed E-state index contributed by atoms with van der Waals surface area (Å²) in [6.07, 6.45) is 6.27. The highest BCUT2D eigenvalue weighted by molar-refractivity contribution is 7.89. The van der Waals surface area contributed by atoms with Crippen molar-refractivity contribution in [3.63, 3.8) is 0 Å². The number of rotatable bonds is 3. The van der Waals surface area contributed by atoms with E-state index in [2.05, 4.69) is 9.98 Å². The van der Waals surface area contributed by atoms with Crippen LogP contribution in [-0.4, -0.2) is 32.3 Å². The minimum atomic E-state index is -3.06. The number of nitrogens with two attached hydrogens (primary N) is 2. The van der Waals surface area contributed by atoms with Crippen LogP contribution < -0.4 is 16.4 Å². The Bertz CT molecular complexity index is 777. The molecule has 3 rings (SSSR count). The molecule has 1 aromatic carbocycles. The highest BCUT2D eigenvalue weighted by Crippen LogP contribution is 2.39. The fourth-order valence-corrected chi connectivity index (χ4v) is 4.34. The maximum absolute atomic E-state index is 11.4. The van der Waals surface area contributed by atoms with Gasteiger partial charge in [-0.15, -0.1) is 0 Å². The lowest BCUT2D eigenvalue weighted by molar-refractivity contribution is 0.305. The summed E-state index contributed by atoms with van der Waals surface area (Å²) < 4.78 is 22.9. The topological polar surface area (TPSA) is 114 Å². The van der Waals surface area contributed by atoms with Crippen molar-refractivity contribution >= 4 is 27.4 Å². The standard InChI is InChI=1S/C16H23N5O2S/c1-24(22,23)11-12-5-7-13(8-6-12)21-15(18)19-14(17)20-16(21)9-3-2-4-10-16/h5-8H,2-4,9-11H2,1H3,(H4,17,18,19,20). The summed E-state index contributed by atoms with van der Waals surface area (Å²) >= 11 is 0. The Labute approximate surface area is 142 Å². The molecule has 0 amide bonds. The maximum Gasteiger partial charge on any atom is 0.220 e. The quantitative estimate of drug-likeness (QED) is 0.854. The molecule has 1 aliphatic heterocycles. The van der Waals surface area contributed by atoms with Crippen LogP contribution in [0, 0.1) is 0 Å². The molecule has 0 radical (unpaired) electrons. The molecule has 2 aliphatic rings. The zero-order valence-corrected chi connectivity index (χ0v) is 14.6. The normalized spacial score (nSPS) is 20.6. The molecule has 1 spiro atoms. The fourth-order valence-electron chi connectivity index (χ4n) is 3.54. The van der Waals surface area contributed by atoms with E-state index in [1.54, 1.807) is 0 Å². The second kappa shape index (κ2) is 6.08. The largest absolute Gasteiger partial charge is 0.369 e. The molecule has 0 aromatic heterocycles. The van der Waals surface area contributed by atoms with Gasteiger partial charge in [0.25, 0.3) is 0 Å². The van der Waals surface area contributed by atoms with E-state index in [1.807, 2.05) is 29.2 Å². The summed E-state index contributed by atoms with van der Waals surface area (Å²) in [7, 11) is -3.06. The minimum absolute atomic E-state index is 0.0209. The van der Waals surface area contributed by atoms with Crippen LogP contribution in [0.4, 0.5) is 5.69 Å². The van der Waals surface area contributed by atoms with Crippen molar-refractivity contribution in [2.75, 3.05) is 11.2 Å². The predicted octanol–water partition coefficient (Wildman–Crippen LogP) is 1.34. The number of benzene rings is 1. The number of anilines is 1. The van der Waals surface area contributed by atoms with Crippen molar-refractivity contribution in [2.45, 2.75) is 43.5 Å². The lowest BCUT2D eigenvalue weighted by Gasteiger charge is -2.45. The summed E-state index contributed by atoms with van der Waals surface area (Å²) in [5.41, 5.74) is 13.1. The summed E-state index contributed by atoms with van der Waals surface area (Å²) in [6.45, 7) is 0. The Balaban J connectivity index is 1.95. The van der Waals surface area contributed by atoms with Crippen LogP contribution in [0.3, 0.4) is 0 Å². The lowest BCUT2D eigenvalue weighted by Crippen LogP contribution is -2.58. The van der Waals surface area contributed by atoms with Crippen LogP contribution in [-0.2, 0) is 15.6 Å². The van der Waals surface area contributed by atoms with Crippen molar-refractivity contribution in [1.29, 1.82) is 0 Å². The smallest absolute Gasteiger partial charge is 0.220 e. The van der Waals surface area contributed by atoms with Crippen molar-refractivity contribution in [3.8, 4) is 0 Å². The van der Waals surface area contributed by atoms with Crippen molar-refractivity contribution in [3.05, 3.63) is 29.8 Å². The van der Waals surface area contributed by atoms with Gasteiger partial charge < -0.3 is 11.5 Å². The van der Waals surface area contributed by atoms with Crippen LogP contribution in [0.5, 0.6) is 0 Å². The summed E-state index contributed by atoms with van der Waals surface area (Å²) in [5, 5.41) is 0. The van der Waals surface area contributed by atoms with Crippen LogP contribution in [0.2, 0.25) is 0 Å². The fraction of sp³-hybridized carbons (Fsp3) is 0.500. The van der Waals surface area contributed by atoms with E-state index in [1.165, 1.54) is 12.7 Å². The van der Waals surface area contributed by atoms with Crippen LogP contribution in [0.25, 0.3) is 0 Å². The van der Waals surface area contributed by atoms with Gasteiger partial charge in [-0.25, -0.2) is 13.4 Å². The minimum Gasteiger partial charge on any atom is -0.369 e. The van der Waals surface area contributed by atoms with Gasteiger partial charge in [-0.3, -0.25) is 4.90 Å². The zero-order valence-electron chi connectivity index (χ0n) is 13.8. The average Bonchev–Trinajstić information content (AvgIpc) is 2.47. The van der Waals surface area contributed by atoms with E-state index in [9.17, 15) is 8.42 Å². The van der Waals surface area contributed by atoms with Crippen LogP contribution >= 0.6 is 0 Å². The van der Waals surface area contributed by atoms with Gasteiger partial charge >= 0.3 is 0 Å². The third kappa shape index (κ3) is 3.38. The van der Waals surface area contributed by atoms with E-state index in [0.717, 1.165) is 36.9 Å². The second-order valence-electron chi connectivity index (χ2n) is 6.56. The molecule has 1 aliphatic carbocycles. The molecular weight excluding hydrogens is 326 g/mol. The summed E-state index contributed by atoms with van der Waals surface area (Å²) in [5.74, 6) is 0.576. The van der Waals surface area contributed by atoms with Gasteiger partial charge in [-0.2, -0.15) is 4.99 Å². The van der Waals surface area contributed by atoms with Crippen molar-refractivity contribution in [2.24, 2.45) is 21.5 Å². The van der Waals surface area contributed by atoms with Crippen LogP contribution in [0.15, 0.2) is 34.3 Å². The molecule has 1 heterocycles. The van der Waals surface area contributed by atoms with E-state index in [4.69, 9.17) is 11.5 Å². The van der Waals surface area contributed by atoms with Gasteiger partial charge in [-0.05, 0) is 43.4 Å². The molecule has 130 valence electrons. The van der Waals surface area contributed by atoms with Gasteiger partial charge in [0.1, 0.15) is 5.66 Å². The van der Waals surface area contributed by atoms with Gasteiger partial charge in [-0.1, -0.05) is 18.6 Å². The summed E-state index contributed by atoms with van der Waals surface area (Å²) in [6, 6.07) is 7.36. The maximum atomic E-state index is 11.4. The molecule has 0 saturated heterocycles. The van der Waals surface area contributed by atoms with E-state index in [-0.39, 0.29) is 11.7 Å². The lowest BCUT2D eigenvalue weighted by atomic mass is 9.87. The van der Waals surface area contributed by atoms with E-state index < -0.39 is 15.5 Å².